The fourth-order valence-electron chi connectivity index (χ4n) is 2.24. The lowest BCUT2D eigenvalue weighted by molar-refractivity contribution is 0.0943. The molecule has 20 heavy (non-hydrogen) atoms. The number of rotatable bonds is 5. The highest BCUT2D eigenvalue weighted by molar-refractivity contribution is 5.96. The molecule has 1 fully saturated rings. The molecule has 1 heterocycles. The van der Waals surface area contributed by atoms with Gasteiger partial charge in [-0.2, -0.15) is 0 Å². The number of anilines is 2. The number of ether oxygens (including phenoxy) is 1. The van der Waals surface area contributed by atoms with Crippen LogP contribution in [0.3, 0.4) is 0 Å². The zero-order chi connectivity index (χ0) is 14.5. The topological polar surface area (TPSA) is 76.4 Å². The van der Waals surface area contributed by atoms with E-state index in [1.807, 2.05) is 19.9 Å². The van der Waals surface area contributed by atoms with Gasteiger partial charge in [-0.3, -0.25) is 4.79 Å². The molecule has 1 amide bonds. The molecule has 1 saturated heterocycles. The molecular weight excluding hydrogens is 254 g/mol. The number of nitrogens with one attached hydrogen (secondary N) is 2. The summed E-state index contributed by atoms with van der Waals surface area (Å²) < 4.78 is 5.55. The van der Waals surface area contributed by atoms with Crippen LogP contribution >= 0.6 is 0 Å². The highest BCUT2D eigenvalue weighted by Crippen LogP contribution is 2.21. The predicted octanol–water partition coefficient (Wildman–Crippen LogP) is 2.00. The highest BCUT2D eigenvalue weighted by Gasteiger charge is 2.15. The molecule has 0 aromatic heterocycles. The van der Waals surface area contributed by atoms with E-state index in [4.69, 9.17) is 10.5 Å². The van der Waals surface area contributed by atoms with E-state index >= 15 is 0 Å². The quantitative estimate of drug-likeness (QED) is 0.719. The van der Waals surface area contributed by atoms with Crippen molar-refractivity contribution in [3.8, 4) is 0 Å². The molecule has 1 atom stereocenters. The Labute approximate surface area is 119 Å². The molecule has 5 heteroatoms. The summed E-state index contributed by atoms with van der Waals surface area (Å²) in [6.07, 6.45) is 2.47. The van der Waals surface area contributed by atoms with E-state index < -0.39 is 0 Å². The van der Waals surface area contributed by atoms with Crippen LogP contribution in [-0.4, -0.2) is 31.2 Å². The molecule has 0 saturated carbocycles. The van der Waals surface area contributed by atoms with E-state index in [0.29, 0.717) is 11.3 Å². The molecular formula is C15H23N3O2. The second-order valence-corrected chi connectivity index (χ2v) is 5.45. The van der Waals surface area contributed by atoms with Crippen molar-refractivity contribution < 1.29 is 9.53 Å². The van der Waals surface area contributed by atoms with Gasteiger partial charge in [-0.15, -0.1) is 0 Å². The number of nitrogens with two attached hydrogens (primary N) is 1. The van der Waals surface area contributed by atoms with Gasteiger partial charge in [0, 0.05) is 24.8 Å². The summed E-state index contributed by atoms with van der Waals surface area (Å²) in [6.45, 7) is 5.45. The van der Waals surface area contributed by atoms with Crippen molar-refractivity contribution >= 4 is 17.3 Å². The first kappa shape index (κ1) is 14.7. The Kier molecular flexibility index (Phi) is 4.84. The molecule has 4 N–H and O–H groups in total. The maximum Gasteiger partial charge on any atom is 0.251 e. The van der Waals surface area contributed by atoms with Crippen molar-refractivity contribution in [3.63, 3.8) is 0 Å². The van der Waals surface area contributed by atoms with Crippen molar-refractivity contribution in [1.29, 1.82) is 0 Å². The molecule has 0 aliphatic carbocycles. The Morgan fingerprint density at radius 2 is 2.30 bits per heavy atom. The summed E-state index contributed by atoms with van der Waals surface area (Å²) in [4.78, 5) is 11.9. The lowest BCUT2D eigenvalue weighted by atomic mass is 10.1. The van der Waals surface area contributed by atoms with E-state index in [2.05, 4.69) is 10.6 Å². The fraction of sp³-hybridized carbons (Fsp3) is 0.533. The van der Waals surface area contributed by atoms with Crippen molar-refractivity contribution in [1.82, 2.24) is 5.32 Å². The summed E-state index contributed by atoms with van der Waals surface area (Å²) in [7, 11) is 0. The molecule has 1 aromatic carbocycles. The molecule has 0 radical (unpaired) electrons. The van der Waals surface area contributed by atoms with Crippen LogP contribution in [0.25, 0.3) is 0 Å². The van der Waals surface area contributed by atoms with Gasteiger partial charge in [0.2, 0.25) is 0 Å². The van der Waals surface area contributed by atoms with Gasteiger partial charge in [0.15, 0.2) is 0 Å². The highest BCUT2D eigenvalue weighted by atomic mass is 16.5. The Bertz CT molecular complexity index is 468. The van der Waals surface area contributed by atoms with Crippen LogP contribution in [-0.2, 0) is 4.74 Å². The first-order valence-corrected chi connectivity index (χ1v) is 7.12. The monoisotopic (exact) mass is 277 g/mol. The van der Waals surface area contributed by atoms with E-state index in [0.717, 1.165) is 31.7 Å². The summed E-state index contributed by atoms with van der Waals surface area (Å²) in [5.74, 6) is -0.0997. The Morgan fingerprint density at radius 1 is 1.50 bits per heavy atom. The number of hydrogen-bond donors (Lipinski definition) is 3. The Hall–Kier alpha value is -1.75. The van der Waals surface area contributed by atoms with E-state index in [9.17, 15) is 4.79 Å². The summed E-state index contributed by atoms with van der Waals surface area (Å²) >= 11 is 0. The first-order valence-electron chi connectivity index (χ1n) is 7.12. The molecule has 0 spiro atoms. The molecule has 110 valence electrons. The van der Waals surface area contributed by atoms with Gasteiger partial charge < -0.3 is 21.1 Å². The lowest BCUT2D eigenvalue weighted by Gasteiger charge is -2.15. The lowest BCUT2D eigenvalue weighted by Crippen LogP contribution is -2.30. The van der Waals surface area contributed by atoms with Gasteiger partial charge in [0.1, 0.15) is 0 Å². The second-order valence-electron chi connectivity index (χ2n) is 5.45. The molecule has 0 bridgehead atoms. The fourth-order valence-corrected chi connectivity index (χ4v) is 2.24. The van der Waals surface area contributed by atoms with E-state index in [1.165, 1.54) is 0 Å². The van der Waals surface area contributed by atoms with Crippen LogP contribution in [0.15, 0.2) is 18.2 Å². The van der Waals surface area contributed by atoms with Crippen molar-refractivity contribution in [3.05, 3.63) is 23.8 Å². The normalized spacial score (nSPS) is 18.2. The summed E-state index contributed by atoms with van der Waals surface area (Å²) in [5, 5.41) is 6.13. The SMILES string of the molecule is CC(C)NC(=O)c1ccc(NC[C@@H]2CCCO2)c(N)c1. The van der Waals surface area contributed by atoms with Gasteiger partial charge in [-0.25, -0.2) is 0 Å². The maximum absolute atomic E-state index is 11.9. The second kappa shape index (κ2) is 6.61. The third-order valence-corrected chi connectivity index (χ3v) is 3.28. The van der Waals surface area contributed by atoms with Crippen LogP contribution in [0.5, 0.6) is 0 Å². The predicted molar refractivity (Wildman–Crippen MR) is 80.9 cm³/mol. The minimum atomic E-state index is -0.0997. The van der Waals surface area contributed by atoms with E-state index in [-0.39, 0.29) is 18.1 Å². The van der Waals surface area contributed by atoms with E-state index in [1.54, 1.807) is 12.1 Å². The van der Waals surface area contributed by atoms with Gasteiger partial charge in [0.05, 0.1) is 17.5 Å². The van der Waals surface area contributed by atoms with Crippen LogP contribution in [0, 0.1) is 0 Å². The van der Waals surface area contributed by atoms with Crippen LogP contribution in [0.2, 0.25) is 0 Å². The minimum absolute atomic E-state index is 0.0997. The number of carbonyl (C=O) groups is 1. The third kappa shape index (κ3) is 3.87. The smallest absolute Gasteiger partial charge is 0.251 e. The number of hydrogen-bond acceptors (Lipinski definition) is 4. The summed E-state index contributed by atoms with van der Waals surface area (Å²) in [6, 6.07) is 5.45. The zero-order valence-electron chi connectivity index (χ0n) is 12.1. The first-order chi connectivity index (χ1) is 9.56. The third-order valence-electron chi connectivity index (χ3n) is 3.28. The van der Waals surface area contributed by atoms with Gasteiger partial charge in [0.25, 0.3) is 5.91 Å². The molecule has 0 unspecified atom stereocenters. The Balaban J connectivity index is 1.96. The molecule has 1 aromatic rings. The Morgan fingerprint density at radius 3 is 2.90 bits per heavy atom. The van der Waals surface area contributed by atoms with Crippen LogP contribution in [0.4, 0.5) is 11.4 Å². The van der Waals surface area contributed by atoms with Crippen LogP contribution < -0.4 is 16.4 Å². The largest absolute Gasteiger partial charge is 0.397 e. The average molecular weight is 277 g/mol. The van der Waals surface area contributed by atoms with Gasteiger partial charge in [-0.1, -0.05) is 0 Å². The van der Waals surface area contributed by atoms with Gasteiger partial charge in [-0.05, 0) is 44.9 Å². The molecule has 1 aliphatic rings. The van der Waals surface area contributed by atoms with Crippen LogP contribution in [0.1, 0.15) is 37.0 Å². The standard InChI is InChI=1S/C15H23N3O2/c1-10(2)18-15(19)11-5-6-14(13(16)8-11)17-9-12-4-3-7-20-12/h5-6,8,10,12,17H,3-4,7,9,16H2,1-2H3,(H,18,19)/t12-/m0/s1. The van der Waals surface area contributed by atoms with Crippen molar-refractivity contribution in [2.24, 2.45) is 0 Å². The number of benzene rings is 1. The summed E-state index contributed by atoms with van der Waals surface area (Å²) in [5.41, 5.74) is 8.01. The zero-order valence-corrected chi connectivity index (χ0v) is 12.1. The van der Waals surface area contributed by atoms with Crippen molar-refractivity contribution in [2.75, 3.05) is 24.2 Å². The van der Waals surface area contributed by atoms with Gasteiger partial charge >= 0.3 is 0 Å². The molecule has 1 aliphatic heterocycles. The maximum atomic E-state index is 11.9. The number of carbonyl (C=O) groups excluding carboxylic acids is 1. The molecule has 2 rings (SSSR count). The minimum Gasteiger partial charge on any atom is -0.397 e. The number of nitrogen functional groups attached to an aromatic ring is 1. The number of amides is 1. The average Bonchev–Trinajstić information content (AvgIpc) is 2.89. The van der Waals surface area contributed by atoms with Crippen molar-refractivity contribution in [2.45, 2.75) is 38.8 Å². The molecule has 5 nitrogen and oxygen atoms in total.